The van der Waals surface area contributed by atoms with E-state index in [4.69, 9.17) is 18.9 Å². The van der Waals surface area contributed by atoms with Gasteiger partial charge >= 0.3 is 5.97 Å². The van der Waals surface area contributed by atoms with Gasteiger partial charge in [0.25, 0.3) is 0 Å². The summed E-state index contributed by atoms with van der Waals surface area (Å²) in [6.07, 6.45) is 0.611. The molecule has 0 N–H and O–H groups in total. The summed E-state index contributed by atoms with van der Waals surface area (Å²) in [4.78, 5) is 11.4. The number of esters is 1. The molecule has 128 valence electrons. The molecule has 2 rings (SSSR count). The van der Waals surface area contributed by atoms with Crippen LogP contribution in [0, 0.1) is 0 Å². The number of methoxy groups -OCH3 is 1. The van der Waals surface area contributed by atoms with Crippen LogP contribution in [0.3, 0.4) is 0 Å². The van der Waals surface area contributed by atoms with E-state index in [1.165, 1.54) is 0 Å². The van der Waals surface area contributed by atoms with Crippen molar-refractivity contribution in [3.63, 3.8) is 0 Å². The third-order valence-electron chi connectivity index (χ3n) is 3.37. The molecule has 5 heteroatoms. The quantitative estimate of drug-likeness (QED) is 0.521. The highest BCUT2D eigenvalue weighted by Gasteiger charge is 2.15. The number of fused-ring (bicyclic) bond motifs is 1. The van der Waals surface area contributed by atoms with Gasteiger partial charge in [0.1, 0.15) is 18.1 Å². The zero-order chi connectivity index (χ0) is 17.4. The summed E-state index contributed by atoms with van der Waals surface area (Å²) < 4.78 is 21.8. The maximum Gasteiger partial charge on any atom is 0.330 e. The van der Waals surface area contributed by atoms with Crippen LogP contribution >= 0.6 is 0 Å². The minimum Gasteiger partial charge on any atom is -0.493 e. The Labute approximate surface area is 141 Å². The Balaban J connectivity index is 2.18. The highest BCUT2D eigenvalue weighted by Crippen LogP contribution is 2.33. The van der Waals surface area contributed by atoms with Gasteiger partial charge in [0.05, 0.1) is 13.2 Å². The van der Waals surface area contributed by atoms with Gasteiger partial charge in [-0.1, -0.05) is 30.8 Å². The highest BCUT2D eigenvalue weighted by molar-refractivity contribution is 5.93. The fraction of sp³-hybridized carbons (Fsp3) is 0.316. The van der Waals surface area contributed by atoms with E-state index in [1.54, 1.807) is 7.11 Å². The number of hydrogen-bond acceptors (Lipinski definition) is 5. The number of rotatable bonds is 9. The first-order valence-electron chi connectivity index (χ1n) is 7.79. The van der Waals surface area contributed by atoms with Crippen molar-refractivity contribution in [1.82, 2.24) is 0 Å². The van der Waals surface area contributed by atoms with Gasteiger partial charge in [-0.15, -0.1) is 0 Å². The second kappa shape index (κ2) is 8.93. The fourth-order valence-corrected chi connectivity index (χ4v) is 2.35. The number of benzene rings is 2. The fourth-order valence-electron chi connectivity index (χ4n) is 2.35. The van der Waals surface area contributed by atoms with Crippen LogP contribution in [-0.2, 0) is 14.3 Å². The Morgan fingerprint density at radius 3 is 2.25 bits per heavy atom. The number of ether oxygens (including phenoxy) is 4. The van der Waals surface area contributed by atoms with Crippen LogP contribution in [0.25, 0.3) is 10.8 Å². The molecule has 0 saturated carbocycles. The lowest BCUT2D eigenvalue weighted by Gasteiger charge is -2.18. The molecule has 0 bridgehead atoms. The van der Waals surface area contributed by atoms with Crippen molar-refractivity contribution in [2.24, 2.45) is 0 Å². The molecule has 1 atom stereocenters. The van der Waals surface area contributed by atoms with E-state index in [1.807, 2.05) is 43.3 Å². The van der Waals surface area contributed by atoms with Gasteiger partial charge in [0, 0.05) is 24.0 Å². The summed E-state index contributed by atoms with van der Waals surface area (Å²) in [5.41, 5.74) is 0. The van der Waals surface area contributed by atoms with Gasteiger partial charge in [0.2, 0.25) is 0 Å². The monoisotopic (exact) mass is 330 g/mol. The molecule has 0 heterocycles. The van der Waals surface area contributed by atoms with Crippen molar-refractivity contribution in [3.8, 4) is 11.5 Å². The summed E-state index contributed by atoms with van der Waals surface area (Å²) in [7, 11) is 1.54. The van der Waals surface area contributed by atoms with Crippen LogP contribution in [0.15, 0.2) is 49.1 Å². The first-order chi connectivity index (χ1) is 11.7. The molecule has 0 spiro atoms. The molecular weight excluding hydrogens is 308 g/mol. The Hall–Kier alpha value is -2.53. The predicted molar refractivity (Wildman–Crippen MR) is 92.6 cm³/mol. The molecule has 0 aliphatic carbocycles. The van der Waals surface area contributed by atoms with Crippen molar-refractivity contribution < 1.29 is 23.7 Å². The van der Waals surface area contributed by atoms with Crippen molar-refractivity contribution in [2.75, 3.05) is 26.9 Å². The lowest BCUT2D eigenvalue weighted by atomic mass is 10.1. The maximum atomic E-state index is 11.4. The zero-order valence-electron chi connectivity index (χ0n) is 14.0. The standard InChI is InChI=1S/C19H22O5/c1-4-19(20)24-14(12-21-3)13-23-18-11-10-17(22-5-2)15-8-6-7-9-16(15)18/h4,6-11,14H,1,5,12-13H2,2-3H3. The zero-order valence-corrected chi connectivity index (χ0v) is 14.0. The van der Waals surface area contributed by atoms with Crippen molar-refractivity contribution in [3.05, 3.63) is 49.1 Å². The summed E-state index contributed by atoms with van der Waals surface area (Å²) in [5, 5.41) is 1.91. The van der Waals surface area contributed by atoms with Gasteiger partial charge in [0.15, 0.2) is 6.10 Å². The number of hydrogen-bond donors (Lipinski definition) is 0. The Bertz CT molecular complexity index is 695. The van der Waals surface area contributed by atoms with Crippen molar-refractivity contribution in [2.45, 2.75) is 13.0 Å². The van der Waals surface area contributed by atoms with Crippen molar-refractivity contribution in [1.29, 1.82) is 0 Å². The van der Waals surface area contributed by atoms with E-state index in [0.29, 0.717) is 12.4 Å². The molecule has 5 nitrogen and oxygen atoms in total. The van der Waals surface area contributed by atoms with Gasteiger partial charge in [-0.25, -0.2) is 4.79 Å². The molecular formula is C19H22O5. The molecule has 0 aromatic heterocycles. The summed E-state index contributed by atoms with van der Waals surface area (Å²) in [6.45, 7) is 6.36. The molecule has 24 heavy (non-hydrogen) atoms. The molecule has 0 saturated heterocycles. The van der Waals surface area contributed by atoms with Gasteiger partial charge in [-0.2, -0.15) is 0 Å². The summed E-state index contributed by atoms with van der Waals surface area (Å²) in [5.74, 6) is 1.01. The van der Waals surface area contributed by atoms with E-state index in [2.05, 4.69) is 6.58 Å². The Kier molecular flexibility index (Phi) is 6.63. The van der Waals surface area contributed by atoms with Crippen LogP contribution in [0.5, 0.6) is 11.5 Å². The minimum absolute atomic E-state index is 0.186. The topological polar surface area (TPSA) is 54.0 Å². The molecule has 1 unspecified atom stereocenters. The largest absolute Gasteiger partial charge is 0.493 e. The van der Waals surface area contributed by atoms with Crippen LogP contribution in [0.1, 0.15) is 6.92 Å². The first kappa shape index (κ1) is 17.8. The third-order valence-corrected chi connectivity index (χ3v) is 3.37. The predicted octanol–water partition coefficient (Wildman–Crippen LogP) is 3.36. The van der Waals surface area contributed by atoms with Crippen LogP contribution in [0.4, 0.5) is 0 Å². The third kappa shape index (κ3) is 4.49. The Morgan fingerprint density at radius 2 is 1.71 bits per heavy atom. The first-order valence-corrected chi connectivity index (χ1v) is 7.79. The number of carbonyl (C=O) groups excluding carboxylic acids is 1. The lowest BCUT2D eigenvalue weighted by molar-refractivity contribution is -0.147. The SMILES string of the molecule is C=CC(=O)OC(COC)COc1ccc(OCC)c2ccccc12. The molecule has 0 amide bonds. The normalized spacial score (nSPS) is 11.8. The van der Waals surface area contributed by atoms with Gasteiger partial charge in [-0.05, 0) is 19.1 Å². The summed E-state index contributed by atoms with van der Waals surface area (Å²) in [6, 6.07) is 11.6. The second-order valence-corrected chi connectivity index (χ2v) is 5.07. The maximum absolute atomic E-state index is 11.4. The molecule has 0 fully saturated rings. The van der Waals surface area contributed by atoms with E-state index in [-0.39, 0.29) is 13.2 Å². The highest BCUT2D eigenvalue weighted by atomic mass is 16.6. The van der Waals surface area contributed by atoms with Crippen LogP contribution in [-0.4, -0.2) is 39.0 Å². The van der Waals surface area contributed by atoms with Crippen LogP contribution < -0.4 is 9.47 Å². The smallest absolute Gasteiger partial charge is 0.330 e. The molecule has 0 radical (unpaired) electrons. The average Bonchev–Trinajstić information content (AvgIpc) is 2.61. The van der Waals surface area contributed by atoms with E-state index in [9.17, 15) is 4.79 Å². The van der Waals surface area contributed by atoms with Crippen LogP contribution in [0.2, 0.25) is 0 Å². The molecule has 0 aliphatic rings. The van der Waals surface area contributed by atoms with E-state index >= 15 is 0 Å². The van der Waals surface area contributed by atoms with Crippen molar-refractivity contribution >= 4 is 16.7 Å². The van der Waals surface area contributed by atoms with Gasteiger partial charge in [-0.3, -0.25) is 0 Å². The van der Waals surface area contributed by atoms with E-state index < -0.39 is 12.1 Å². The molecule has 0 aliphatic heterocycles. The second-order valence-electron chi connectivity index (χ2n) is 5.07. The molecule has 2 aromatic carbocycles. The van der Waals surface area contributed by atoms with E-state index in [0.717, 1.165) is 22.6 Å². The average molecular weight is 330 g/mol. The number of carbonyl (C=O) groups is 1. The lowest BCUT2D eigenvalue weighted by Crippen LogP contribution is -2.28. The Morgan fingerprint density at radius 1 is 1.08 bits per heavy atom. The minimum atomic E-state index is -0.508. The summed E-state index contributed by atoms with van der Waals surface area (Å²) >= 11 is 0. The molecule has 2 aromatic rings. The van der Waals surface area contributed by atoms with Gasteiger partial charge < -0.3 is 18.9 Å².